The Morgan fingerprint density at radius 3 is 2.42 bits per heavy atom. The molecule has 1 saturated carbocycles. The molecule has 3 aliphatic rings. The van der Waals surface area contributed by atoms with Crippen molar-refractivity contribution in [3.05, 3.63) is 0 Å². The quantitative estimate of drug-likeness (QED) is 0.581. The molecule has 3 rings (SSSR count). The second-order valence-electron chi connectivity index (χ2n) is 3.83. The smallest absolute Gasteiger partial charge is 0.317 e. The van der Waals surface area contributed by atoms with Crippen LogP contribution in [-0.4, -0.2) is 46.8 Å². The average Bonchev–Trinajstić information content (AvgIpc) is 2.02. The van der Waals surface area contributed by atoms with Gasteiger partial charge in [0.1, 0.15) is 0 Å². The van der Waals surface area contributed by atoms with Gasteiger partial charge in [0.05, 0.1) is 12.6 Å². The van der Waals surface area contributed by atoms with E-state index in [1.807, 2.05) is 4.90 Å². The number of fused-ring (bicyclic) bond motifs is 2. The molecular weight excluding hydrogens is 158 g/mol. The number of aliphatic hydroxyl groups excluding tert-OH is 1. The zero-order valence-corrected chi connectivity index (χ0v) is 6.81. The number of carboxylic acids is 1. The van der Waals surface area contributed by atoms with Crippen LogP contribution >= 0.6 is 0 Å². The van der Waals surface area contributed by atoms with Gasteiger partial charge in [0.15, 0.2) is 0 Å². The number of aliphatic hydroxyl groups is 1. The average molecular weight is 171 g/mol. The van der Waals surface area contributed by atoms with Gasteiger partial charge >= 0.3 is 5.97 Å². The van der Waals surface area contributed by atoms with Crippen LogP contribution in [0.25, 0.3) is 0 Å². The molecule has 1 aliphatic carbocycles. The van der Waals surface area contributed by atoms with Crippen LogP contribution < -0.4 is 0 Å². The van der Waals surface area contributed by atoms with Crippen LogP contribution in [0.2, 0.25) is 0 Å². The molecule has 0 amide bonds. The minimum Gasteiger partial charge on any atom is -0.480 e. The third kappa shape index (κ3) is 1.21. The zero-order valence-electron chi connectivity index (χ0n) is 6.81. The largest absolute Gasteiger partial charge is 0.480 e. The standard InChI is InChI=1S/C8H13NO3/c10-7(11)4-9-2-5-1-6(3-9)8(5)12/h5-6,8,12H,1-4H2,(H,10,11)/t5-,6+,8?. The number of hydrogen-bond acceptors (Lipinski definition) is 3. The molecule has 2 N–H and O–H groups in total. The van der Waals surface area contributed by atoms with E-state index in [4.69, 9.17) is 5.11 Å². The molecule has 0 aromatic carbocycles. The summed E-state index contributed by atoms with van der Waals surface area (Å²) in [7, 11) is 0. The summed E-state index contributed by atoms with van der Waals surface area (Å²) < 4.78 is 0. The molecule has 12 heavy (non-hydrogen) atoms. The highest BCUT2D eigenvalue weighted by Crippen LogP contribution is 2.39. The summed E-state index contributed by atoms with van der Waals surface area (Å²) >= 11 is 0. The fourth-order valence-corrected chi connectivity index (χ4v) is 2.28. The SMILES string of the molecule is O=C(O)CN1C[C@H]2C[C@@H](C1)C2O. The Labute approximate surface area is 70.8 Å². The number of hydrogen-bond donors (Lipinski definition) is 2. The van der Waals surface area contributed by atoms with Gasteiger partial charge in [-0.25, -0.2) is 0 Å². The molecule has 1 unspecified atom stereocenters. The zero-order chi connectivity index (χ0) is 8.72. The predicted octanol–water partition coefficient (Wildman–Crippen LogP) is -0.616. The van der Waals surface area contributed by atoms with Crippen molar-refractivity contribution in [1.82, 2.24) is 4.90 Å². The molecule has 0 radical (unpaired) electrons. The van der Waals surface area contributed by atoms with Crippen molar-refractivity contribution in [2.24, 2.45) is 11.8 Å². The first-order chi connectivity index (χ1) is 5.66. The molecule has 2 aliphatic heterocycles. The number of nitrogens with zero attached hydrogens (tertiary/aromatic N) is 1. The Morgan fingerprint density at radius 1 is 1.42 bits per heavy atom. The summed E-state index contributed by atoms with van der Waals surface area (Å²) in [6, 6.07) is 0. The number of rotatable bonds is 2. The van der Waals surface area contributed by atoms with Crippen molar-refractivity contribution in [3.8, 4) is 0 Å². The van der Waals surface area contributed by atoms with Gasteiger partial charge in [-0.2, -0.15) is 0 Å². The number of aliphatic carboxylic acids is 1. The van der Waals surface area contributed by atoms with Gasteiger partial charge < -0.3 is 10.2 Å². The summed E-state index contributed by atoms with van der Waals surface area (Å²) in [6.45, 7) is 1.63. The third-order valence-electron chi connectivity index (χ3n) is 2.92. The van der Waals surface area contributed by atoms with Crippen molar-refractivity contribution in [1.29, 1.82) is 0 Å². The molecule has 2 bridgehead atoms. The molecule has 0 aromatic rings. The van der Waals surface area contributed by atoms with E-state index in [-0.39, 0.29) is 12.6 Å². The van der Waals surface area contributed by atoms with E-state index in [2.05, 4.69) is 0 Å². The summed E-state index contributed by atoms with van der Waals surface area (Å²) in [5.41, 5.74) is 0. The Bertz CT molecular complexity index is 194. The molecule has 3 fully saturated rings. The van der Waals surface area contributed by atoms with Crippen LogP contribution in [0.1, 0.15) is 6.42 Å². The van der Waals surface area contributed by atoms with Crippen LogP contribution in [0.3, 0.4) is 0 Å². The monoisotopic (exact) mass is 171 g/mol. The normalized spacial score (nSPS) is 40.6. The minimum absolute atomic E-state index is 0.125. The third-order valence-corrected chi connectivity index (χ3v) is 2.92. The summed E-state index contributed by atoms with van der Waals surface area (Å²) in [5.74, 6) is -0.100. The first-order valence-corrected chi connectivity index (χ1v) is 4.29. The van der Waals surface area contributed by atoms with Gasteiger partial charge in [0.25, 0.3) is 0 Å². The number of piperidine rings is 2. The Kier molecular flexibility index (Phi) is 1.81. The van der Waals surface area contributed by atoms with E-state index in [0.717, 1.165) is 19.5 Å². The van der Waals surface area contributed by atoms with Crippen molar-refractivity contribution < 1.29 is 15.0 Å². The highest BCUT2D eigenvalue weighted by molar-refractivity contribution is 5.69. The van der Waals surface area contributed by atoms with Crippen LogP contribution in [0.5, 0.6) is 0 Å². The maximum Gasteiger partial charge on any atom is 0.317 e. The molecule has 0 spiro atoms. The van der Waals surface area contributed by atoms with Crippen LogP contribution in [0.4, 0.5) is 0 Å². The van der Waals surface area contributed by atoms with Gasteiger partial charge in [-0.3, -0.25) is 9.69 Å². The summed E-state index contributed by atoms with van der Waals surface area (Å²) in [6.07, 6.45) is 0.923. The van der Waals surface area contributed by atoms with Crippen LogP contribution in [-0.2, 0) is 4.79 Å². The van der Waals surface area contributed by atoms with Crippen molar-refractivity contribution in [3.63, 3.8) is 0 Å². The van der Waals surface area contributed by atoms with E-state index < -0.39 is 5.97 Å². The maximum atomic E-state index is 10.4. The van der Waals surface area contributed by atoms with Crippen LogP contribution in [0.15, 0.2) is 0 Å². The first-order valence-electron chi connectivity index (χ1n) is 4.29. The van der Waals surface area contributed by atoms with Gasteiger partial charge in [-0.1, -0.05) is 0 Å². The Balaban J connectivity index is 1.86. The van der Waals surface area contributed by atoms with Gasteiger partial charge in [0.2, 0.25) is 0 Å². The molecule has 3 atom stereocenters. The maximum absolute atomic E-state index is 10.4. The second kappa shape index (κ2) is 2.71. The lowest BCUT2D eigenvalue weighted by Gasteiger charge is -2.50. The molecule has 4 nitrogen and oxygen atoms in total. The lowest BCUT2D eigenvalue weighted by Crippen LogP contribution is -2.58. The Hall–Kier alpha value is -0.610. The van der Waals surface area contributed by atoms with Gasteiger partial charge in [-0.15, -0.1) is 0 Å². The fourth-order valence-electron chi connectivity index (χ4n) is 2.28. The molecule has 2 saturated heterocycles. The van der Waals surface area contributed by atoms with Crippen molar-refractivity contribution in [2.45, 2.75) is 12.5 Å². The first kappa shape index (κ1) is 8.01. The lowest BCUT2D eigenvalue weighted by atomic mass is 9.68. The predicted molar refractivity (Wildman–Crippen MR) is 41.7 cm³/mol. The molecule has 2 heterocycles. The Morgan fingerprint density at radius 2 is 2.00 bits per heavy atom. The minimum atomic E-state index is -0.772. The summed E-state index contributed by atoms with van der Waals surface area (Å²) in [4.78, 5) is 12.3. The summed E-state index contributed by atoms with van der Waals surface area (Å²) in [5, 5.41) is 17.9. The van der Waals surface area contributed by atoms with E-state index in [1.54, 1.807) is 0 Å². The highest BCUT2D eigenvalue weighted by atomic mass is 16.4. The molecular formula is C8H13NO3. The molecule has 68 valence electrons. The molecule has 0 aromatic heterocycles. The fraction of sp³-hybridized carbons (Fsp3) is 0.875. The topological polar surface area (TPSA) is 60.8 Å². The highest BCUT2D eigenvalue weighted by Gasteiger charge is 2.45. The number of carboxylic acid groups (broad SMARTS) is 1. The van der Waals surface area contributed by atoms with E-state index >= 15 is 0 Å². The van der Waals surface area contributed by atoms with Crippen molar-refractivity contribution >= 4 is 5.97 Å². The molecule has 4 heteroatoms. The lowest BCUT2D eigenvalue weighted by molar-refractivity contribution is -0.145. The number of carbonyl (C=O) groups is 1. The van der Waals surface area contributed by atoms with Crippen LogP contribution in [0, 0.1) is 11.8 Å². The van der Waals surface area contributed by atoms with E-state index in [0.29, 0.717) is 11.8 Å². The second-order valence-corrected chi connectivity index (χ2v) is 3.83. The van der Waals surface area contributed by atoms with E-state index in [9.17, 15) is 9.90 Å². The van der Waals surface area contributed by atoms with Gasteiger partial charge in [-0.05, 0) is 18.3 Å². The van der Waals surface area contributed by atoms with Gasteiger partial charge in [0, 0.05) is 13.1 Å². The van der Waals surface area contributed by atoms with E-state index in [1.165, 1.54) is 0 Å². The van der Waals surface area contributed by atoms with Crippen molar-refractivity contribution in [2.75, 3.05) is 19.6 Å².